The van der Waals surface area contributed by atoms with E-state index in [1.54, 1.807) is 11.8 Å². The molecule has 1 heterocycles. The van der Waals surface area contributed by atoms with Crippen molar-refractivity contribution in [2.45, 2.75) is 72.1 Å². The van der Waals surface area contributed by atoms with Crippen LogP contribution in [0.1, 0.15) is 78.0 Å². The van der Waals surface area contributed by atoms with Crippen LogP contribution >= 0.6 is 11.8 Å². The number of thioether (sulfide) groups is 1. The highest BCUT2D eigenvalue weighted by atomic mass is 32.2. The van der Waals surface area contributed by atoms with E-state index in [0.717, 1.165) is 41.0 Å². The summed E-state index contributed by atoms with van der Waals surface area (Å²) >= 11 is 1.58. The molecule has 0 bridgehead atoms. The van der Waals surface area contributed by atoms with Gasteiger partial charge in [0.05, 0.1) is 10.8 Å². The van der Waals surface area contributed by atoms with Crippen molar-refractivity contribution in [2.24, 2.45) is 0 Å². The van der Waals surface area contributed by atoms with Gasteiger partial charge < -0.3 is 5.11 Å². The van der Waals surface area contributed by atoms with Gasteiger partial charge in [-0.15, -0.1) is 0 Å². The van der Waals surface area contributed by atoms with Gasteiger partial charge in [-0.3, -0.25) is 9.80 Å². The zero-order valence-electron chi connectivity index (χ0n) is 18.7. The number of amides is 1. The minimum Gasteiger partial charge on any atom is -0.507 e. The van der Waals surface area contributed by atoms with Crippen molar-refractivity contribution in [1.82, 2.24) is 10.0 Å². The molecule has 0 atom stereocenters. The van der Waals surface area contributed by atoms with Gasteiger partial charge in [0, 0.05) is 24.7 Å². The summed E-state index contributed by atoms with van der Waals surface area (Å²) in [6, 6.07) is 4.05. The van der Waals surface area contributed by atoms with Crippen LogP contribution < -0.4 is 0 Å². The molecule has 1 fully saturated rings. The lowest BCUT2D eigenvalue weighted by molar-refractivity contribution is -0.138. The summed E-state index contributed by atoms with van der Waals surface area (Å²) in [6.07, 6.45) is 4.16. The maximum Gasteiger partial charge on any atom is 0.275 e. The van der Waals surface area contributed by atoms with E-state index in [1.807, 2.05) is 35.3 Å². The van der Waals surface area contributed by atoms with Gasteiger partial charge in [0.1, 0.15) is 5.75 Å². The Morgan fingerprint density at radius 1 is 1.14 bits per heavy atom. The number of carbonyl (C=O) groups is 1. The van der Waals surface area contributed by atoms with Crippen molar-refractivity contribution in [1.29, 1.82) is 0 Å². The van der Waals surface area contributed by atoms with Crippen molar-refractivity contribution < 1.29 is 9.90 Å². The number of rotatable bonds is 5. The third-order valence-corrected chi connectivity index (χ3v) is 6.06. The highest BCUT2D eigenvalue weighted by Gasteiger charge is 2.31. The molecule has 28 heavy (non-hydrogen) atoms. The Balaban J connectivity index is 2.42. The van der Waals surface area contributed by atoms with Crippen LogP contribution in [0.25, 0.3) is 6.08 Å². The smallest absolute Gasteiger partial charge is 0.275 e. The van der Waals surface area contributed by atoms with Crippen LogP contribution in [0.4, 0.5) is 0 Å². The van der Waals surface area contributed by atoms with Gasteiger partial charge in [-0.05, 0) is 41.0 Å². The number of carbonyl (C=O) groups excluding carboxylic acids is 1. The SMILES string of the molecule is CCCCN(C)N1CS/C(=C\c2cc(C(C)(C)C)c(O)c(C(C)(C)C)c2)C1=O. The predicted molar refractivity (Wildman–Crippen MR) is 120 cm³/mol. The molecule has 0 aromatic heterocycles. The van der Waals surface area contributed by atoms with E-state index in [-0.39, 0.29) is 16.7 Å². The number of hydrogen-bond donors (Lipinski definition) is 1. The molecule has 1 aliphatic heterocycles. The van der Waals surface area contributed by atoms with E-state index in [4.69, 9.17) is 0 Å². The molecule has 0 saturated carbocycles. The van der Waals surface area contributed by atoms with Crippen molar-refractivity contribution in [3.63, 3.8) is 0 Å². The summed E-state index contributed by atoms with van der Waals surface area (Å²) in [5.74, 6) is 1.08. The molecule has 4 nitrogen and oxygen atoms in total. The molecule has 1 saturated heterocycles. The van der Waals surface area contributed by atoms with Gasteiger partial charge >= 0.3 is 0 Å². The van der Waals surface area contributed by atoms with Gasteiger partial charge in [0.25, 0.3) is 5.91 Å². The first-order valence-electron chi connectivity index (χ1n) is 10.1. The van der Waals surface area contributed by atoms with Crippen LogP contribution in [0.2, 0.25) is 0 Å². The number of benzene rings is 1. The van der Waals surface area contributed by atoms with Crippen LogP contribution in [-0.2, 0) is 15.6 Å². The number of hydrazine groups is 1. The summed E-state index contributed by atoms with van der Waals surface area (Å²) in [5.41, 5.74) is 2.44. The second kappa shape index (κ2) is 8.50. The topological polar surface area (TPSA) is 43.8 Å². The number of phenolic OH excluding ortho intramolecular Hbond substituents is 1. The Kier molecular flexibility index (Phi) is 6.93. The van der Waals surface area contributed by atoms with Crippen molar-refractivity contribution in [3.05, 3.63) is 33.7 Å². The zero-order valence-corrected chi connectivity index (χ0v) is 19.5. The monoisotopic (exact) mass is 404 g/mol. The van der Waals surface area contributed by atoms with Crippen molar-refractivity contribution in [2.75, 3.05) is 19.5 Å². The van der Waals surface area contributed by atoms with Gasteiger partial charge in [0.15, 0.2) is 0 Å². The molecule has 156 valence electrons. The van der Waals surface area contributed by atoms with E-state index in [9.17, 15) is 9.90 Å². The van der Waals surface area contributed by atoms with Crippen molar-refractivity contribution >= 4 is 23.7 Å². The first kappa shape index (κ1) is 22.8. The first-order valence-corrected chi connectivity index (χ1v) is 11.1. The second-order valence-electron chi connectivity index (χ2n) is 9.69. The molecule has 1 N–H and O–H groups in total. The molecule has 0 spiro atoms. The van der Waals surface area contributed by atoms with E-state index in [2.05, 4.69) is 48.5 Å². The Bertz CT molecular complexity index is 722. The minimum absolute atomic E-state index is 0.0614. The Labute approximate surface area is 175 Å². The predicted octanol–water partition coefficient (Wildman–Crippen LogP) is 5.51. The second-order valence-corrected chi connectivity index (χ2v) is 10.7. The average molecular weight is 405 g/mol. The lowest BCUT2D eigenvalue weighted by Gasteiger charge is -2.28. The molecule has 1 aliphatic rings. The largest absolute Gasteiger partial charge is 0.507 e. The van der Waals surface area contributed by atoms with Crippen LogP contribution in [0.3, 0.4) is 0 Å². The highest BCUT2D eigenvalue weighted by molar-refractivity contribution is 8.04. The standard InChI is InChI=1S/C23H36N2O2S/c1-9-10-11-24(8)25-15-28-19(21(25)27)14-16-12-17(22(2,3)4)20(26)18(13-16)23(5,6)7/h12-14,26H,9-11,15H2,1-8H3/b19-14-. The van der Waals surface area contributed by atoms with Gasteiger partial charge in [0.2, 0.25) is 0 Å². The van der Waals surface area contributed by atoms with Crippen LogP contribution in [0.5, 0.6) is 5.75 Å². The summed E-state index contributed by atoms with van der Waals surface area (Å²) in [6.45, 7) is 15.7. The van der Waals surface area contributed by atoms with Crippen molar-refractivity contribution in [3.8, 4) is 5.75 Å². The molecule has 5 heteroatoms. The van der Waals surface area contributed by atoms with E-state index < -0.39 is 0 Å². The molecule has 0 radical (unpaired) electrons. The molecule has 0 unspecified atom stereocenters. The Morgan fingerprint density at radius 2 is 1.68 bits per heavy atom. The lowest BCUT2D eigenvalue weighted by Crippen LogP contribution is -2.41. The maximum absolute atomic E-state index is 12.9. The van der Waals surface area contributed by atoms with E-state index in [0.29, 0.717) is 11.6 Å². The zero-order chi connectivity index (χ0) is 21.3. The molecule has 0 aliphatic carbocycles. The van der Waals surface area contributed by atoms with E-state index >= 15 is 0 Å². The van der Waals surface area contributed by atoms with Gasteiger partial charge in [-0.1, -0.05) is 66.6 Å². The summed E-state index contributed by atoms with van der Waals surface area (Å²) in [5, 5.41) is 14.7. The summed E-state index contributed by atoms with van der Waals surface area (Å²) in [7, 11) is 1.98. The minimum atomic E-state index is -0.183. The van der Waals surface area contributed by atoms with Gasteiger partial charge in [-0.2, -0.15) is 0 Å². The number of unbranched alkanes of at least 4 members (excludes halogenated alkanes) is 1. The third kappa shape index (κ3) is 5.12. The number of aromatic hydroxyl groups is 1. The number of hydrogen-bond acceptors (Lipinski definition) is 4. The highest BCUT2D eigenvalue weighted by Crippen LogP contribution is 2.41. The Morgan fingerprint density at radius 3 is 2.14 bits per heavy atom. The van der Waals surface area contributed by atoms with Crippen LogP contribution in [0.15, 0.2) is 17.0 Å². The van der Waals surface area contributed by atoms with Crippen LogP contribution in [-0.4, -0.2) is 40.5 Å². The lowest BCUT2D eigenvalue weighted by atomic mass is 9.78. The van der Waals surface area contributed by atoms with E-state index in [1.165, 1.54) is 0 Å². The van der Waals surface area contributed by atoms with Crippen LogP contribution in [0, 0.1) is 0 Å². The fraction of sp³-hybridized carbons (Fsp3) is 0.609. The number of phenols is 1. The average Bonchev–Trinajstić information content (AvgIpc) is 2.92. The third-order valence-electron chi connectivity index (χ3n) is 5.08. The molecule has 1 aromatic carbocycles. The first-order chi connectivity index (χ1) is 12.9. The fourth-order valence-electron chi connectivity index (χ4n) is 3.28. The summed E-state index contributed by atoms with van der Waals surface area (Å²) < 4.78 is 0. The molecule has 1 aromatic rings. The normalized spacial score (nSPS) is 17.2. The van der Waals surface area contributed by atoms with Gasteiger partial charge in [-0.25, -0.2) is 5.01 Å². The molecular formula is C23H36N2O2S. The number of nitrogens with zero attached hydrogens (tertiary/aromatic N) is 2. The Hall–Kier alpha value is -1.46. The maximum atomic E-state index is 12.9. The molecular weight excluding hydrogens is 368 g/mol. The molecule has 1 amide bonds. The quantitative estimate of drug-likeness (QED) is 0.657. The fourth-order valence-corrected chi connectivity index (χ4v) is 4.30. The molecule has 2 rings (SSSR count). The summed E-state index contributed by atoms with van der Waals surface area (Å²) in [4.78, 5) is 13.6.